The Labute approximate surface area is 278 Å². The average molecular weight is 703 g/mol. The number of oxazole rings is 1. The third-order valence-corrected chi connectivity index (χ3v) is 9.33. The van der Waals surface area contributed by atoms with Crippen molar-refractivity contribution in [2.45, 2.75) is 37.4 Å². The number of nitrogens with zero attached hydrogens (tertiary/aromatic N) is 4. The van der Waals surface area contributed by atoms with E-state index in [1.165, 1.54) is 49.3 Å². The molecule has 2 aromatic heterocycles. The summed E-state index contributed by atoms with van der Waals surface area (Å²) in [5, 5.41) is 17.8. The first-order valence-corrected chi connectivity index (χ1v) is 16.6. The third kappa shape index (κ3) is 7.42. The van der Waals surface area contributed by atoms with Crippen molar-refractivity contribution in [2.24, 2.45) is 5.16 Å². The number of ether oxygens (including phenoxy) is 2. The molecule has 0 unspecified atom stereocenters. The van der Waals surface area contributed by atoms with Crippen molar-refractivity contribution in [3.63, 3.8) is 0 Å². The Bertz CT molecular complexity index is 1820. The number of esters is 2. The highest BCUT2D eigenvalue weighted by atomic mass is 32.2. The number of thioether (sulfide) groups is 2. The summed E-state index contributed by atoms with van der Waals surface area (Å²) in [5.74, 6) is -3.03. The highest BCUT2D eigenvalue weighted by Gasteiger charge is 2.54. The summed E-state index contributed by atoms with van der Waals surface area (Å²) in [7, 11) is 0. The van der Waals surface area contributed by atoms with E-state index in [4.69, 9.17) is 24.5 Å². The van der Waals surface area contributed by atoms with Gasteiger partial charge >= 0.3 is 17.9 Å². The number of carboxylic acids is 1. The molecule has 0 bridgehead atoms. The summed E-state index contributed by atoms with van der Waals surface area (Å²) in [5.41, 5.74) is 6.48. The zero-order valence-electron chi connectivity index (χ0n) is 24.9. The number of carbonyl (C=O) groups is 5. The smallest absolute Gasteiger partial charge is 0.352 e. The molecule has 2 aliphatic rings. The lowest BCUT2D eigenvalue weighted by Crippen LogP contribution is -2.71. The van der Waals surface area contributed by atoms with Crippen LogP contribution in [0.15, 0.2) is 55.8 Å². The molecule has 1 aromatic carbocycles. The summed E-state index contributed by atoms with van der Waals surface area (Å²) in [4.78, 5) is 76.1. The summed E-state index contributed by atoms with van der Waals surface area (Å²) in [6.07, 6.45) is 1.44. The number of benzene rings is 1. The number of thiazole rings is 1. The Morgan fingerprint density at radius 1 is 1.21 bits per heavy atom. The summed E-state index contributed by atoms with van der Waals surface area (Å²) < 4.78 is 16.1. The van der Waals surface area contributed by atoms with E-state index in [2.05, 4.69) is 20.4 Å². The lowest BCUT2D eigenvalue weighted by atomic mass is 10.0. The van der Waals surface area contributed by atoms with Crippen LogP contribution in [0.1, 0.15) is 26.5 Å². The predicted octanol–water partition coefficient (Wildman–Crippen LogP) is 2.50. The van der Waals surface area contributed by atoms with E-state index < -0.39 is 41.1 Å². The summed E-state index contributed by atoms with van der Waals surface area (Å²) in [6, 6.07) is 3.49. The number of nitrogens with two attached hydrogens (primary N) is 1. The second-order valence-corrected chi connectivity index (χ2v) is 12.6. The molecule has 5 rings (SSSR count). The Balaban J connectivity index is 1.28. The van der Waals surface area contributed by atoms with Gasteiger partial charge in [0.05, 0.1) is 6.20 Å². The number of β-lactam (4-membered cyclic amide) rings is 1. The van der Waals surface area contributed by atoms with E-state index in [-0.39, 0.29) is 57.1 Å². The molecular weight excluding hydrogens is 677 g/mol. The van der Waals surface area contributed by atoms with Gasteiger partial charge in [-0.3, -0.25) is 24.1 Å². The molecule has 2 aliphatic heterocycles. The third-order valence-electron chi connectivity index (χ3n) is 6.39. The summed E-state index contributed by atoms with van der Waals surface area (Å²) >= 11 is 3.53. The van der Waals surface area contributed by atoms with Gasteiger partial charge in [-0.2, -0.15) is 0 Å². The van der Waals surface area contributed by atoms with Crippen LogP contribution in [0.5, 0.6) is 11.5 Å². The number of hydrogen-bond donors (Lipinski definition) is 3. The minimum absolute atomic E-state index is 0.0141. The van der Waals surface area contributed by atoms with Crippen molar-refractivity contribution >= 4 is 75.4 Å². The maximum atomic E-state index is 13.2. The molecule has 0 spiro atoms. The number of amides is 2. The second kappa shape index (κ2) is 14.3. The number of oxime groups is 1. The van der Waals surface area contributed by atoms with Crippen molar-refractivity contribution in [1.29, 1.82) is 0 Å². The van der Waals surface area contributed by atoms with E-state index in [1.54, 1.807) is 13.0 Å². The first kappa shape index (κ1) is 33.5. The van der Waals surface area contributed by atoms with Crippen LogP contribution in [-0.4, -0.2) is 84.9 Å². The molecule has 4 heterocycles. The van der Waals surface area contributed by atoms with Crippen LogP contribution < -0.4 is 20.5 Å². The number of carbonyl (C=O) groups excluding carboxylic acids is 4. The fourth-order valence-electron chi connectivity index (χ4n) is 4.48. The van der Waals surface area contributed by atoms with Crippen LogP contribution in [0.2, 0.25) is 0 Å². The zero-order valence-corrected chi connectivity index (χ0v) is 27.3. The normalized spacial score (nSPS) is 17.5. The van der Waals surface area contributed by atoms with Crippen molar-refractivity contribution in [2.75, 3.05) is 23.8 Å². The Hall–Kier alpha value is -4.88. The number of aromatic nitrogens is 2. The average Bonchev–Trinajstić information content (AvgIpc) is 3.68. The molecule has 1 saturated heterocycles. The van der Waals surface area contributed by atoms with E-state index in [9.17, 15) is 29.1 Å². The van der Waals surface area contributed by atoms with Gasteiger partial charge in [0, 0.05) is 36.3 Å². The number of fused-ring (bicyclic) bond motifs is 1. The van der Waals surface area contributed by atoms with Crippen LogP contribution in [0.3, 0.4) is 0 Å². The van der Waals surface area contributed by atoms with Gasteiger partial charge in [0.15, 0.2) is 28.1 Å². The van der Waals surface area contributed by atoms with Gasteiger partial charge in [0.25, 0.3) is 17.0 Å². The molecule has 19 heteroatoms. The van der Waals surface area contributed by atoms with Crippen molar-refractivity contribution in [3.05, 3.63) is 46.7 Å². The predicted molar refractivity (Wildman–Crippen MR) is 170 cm³/mol. The fraction of sp³-hybridized carbons (Fsp3) is 0.286. The number of aliphatic carboxylic acids is 1. The monoisotopic (exact) mass is 702 g/mol. The molecule has 16 nitrogen and oxygen atoms in total. The molecular formula is C28H26N6O10S3. The van der Waals surface area contributed by atoms with Crippen LogP contribution in [0.4, 0.5) is 5.13 Å². The first-order valence-electron chi connectivity index (χ1n) is 13.7. The minimum atomic E-state index is -1.29. The Morgan fingerprint density at radius 2 is 1.96 bits per heavy atom. The lowest BCUT2D eigenvalue weighted by Gasteiger charge is -2.49. The van der Waals surface area contributed by atoms with Gasteiger partial charge in [0.2, 0.25) is 0 Å². The second-order valence-electron chi connectivity index (χ2n) is 9.67. The molecule has 2 amide bonds. The number of anilines is 1. The molecule has 47 heavy (non-hydrogen) atoms. The summed E-state index contributed by atoms with van der Waals surface area (Å²) in [6.45, 7) is 4.30. The van der Waals surface area contributed by atoms with Gasteiger partial charge < -0.3 is 34.9 Å². The molecule has 3 aromatic rings. The number of carboxylic acid groups (broad SMARTS) is 1. The van der Waals surface area contributed by atoms with Gasteiger partial charge in [0.1, 0.15) is 29.4 Å². The fourth-order valence-corrected chi connectivity index (χ4v) is 7.31. The van der Waals surface area contributed by atoms with Gasteiger partial charge in [-0.1, -0.05) is 16.9 Å². The topological polar surface area (TPSA) is 226 Å². The van der Waals surface area contributed by atoms with Crippen LogP contribution in [0.25, 0.3) is 11.3 Å². The molecule has 2 atom stereocenters. The highest BCUT2D eigenvalue weighted by Crippen LogP contribution is 2.42. The lowest BCUT2D eigenvalue weighted by molar-refractivity contribution is -0.150. The van der Waals surface area contributed by atoms with E-state index >= 15 is 0 Å². The molecule has 1 fully saturated rings. The van der Waals surface area contributed by atoms with Crippen molar-refractivity contribution in [1.82, 2.24) is 20.2 Å². The quantitative estimate of drug-likeness (QED) is 0.0615. The number of nitrogens with one attached hydrogen (secondary N) is 1. The maximum absolute atomic E-state index is 13.2. The number of rotatable bonds is 12. The molecule has 0 saturated carbocycles. The standard InChI is InChI=1S/C28H26N6O10S3/c1-4-41-33-20(16-11-46-27(29)31-16)23(37)32-21-24(38)34-22(26(39)40)15(9-45-25(21)34)10-47-28-30-8-19(44-28)14-5-6-17(42-12(2)35)18(7-14)43-13(3)36/h5-8,11,21,25H,4,9-10H2,1-3H3,(H2,29,31)(H,32,37)(H,39,40)/t21-,25-/m1/s1. The van der Waals surface area contributed by atoms with Gasteiger partial charge in [-0.25, -0.2) is 14.8 Å². The Morgan fingerprint density at radius 3 is 2.62 bits per heavy atom. The largest absolute Gasteiger partial charge is 0.477 e. The van der Waals surface area contributed by atoms with Crippen LogP contribution >= 0.6 is 34.9 Å². The zero-order chi connectivity index (χ0) is 33.8. The molecule has 246 valence electrons. The van der Waals surface area contributed by atoms with E-state index in [0.29, 0.717) is 16.9 Å². The number of nitrogen functional groups attached to an aromatic ring is 1. The van der Waals surface area contributed by atoms with Gasteiger partial charge in [-0.05, 0) is 30.7 Å². The van der Waals surface area contributed by atoms with E-state index in [0.717, 1.165) is 28.0 Å². The van der Waals surface area contributed by atoms with E-state index in [1.807, 2.05) is 0 Å². The molecule has 0 radical (unpaired) electrons. The SMILES string of the molecule is CCON=C(C(=O)N[C@@H]1C(=O)N2C(C(=O)O)=C(CSc3ncc(-c4ccc(OC(C)=O)c(OC(C)=O)c4)o3)CS[C@H]12)c1csc(N)n1. The minimum Gasteiger partial charge on any atom is -0.477 e. The van der Waals surface area contributed by atoms with Crippen molar-refractivity contribution in [3.8, 4) is 22.8 Å². The first-order chi connectivity index (χ1) is 22.5. The van der Waals surface area contributed by atoms with Crippen LogP contribution in [0, 0.1) is 0 Å². The Kier molecular flexibility index (Phi) is 10.2. The maximum Gasteiger partial charge on any atom is 0.352 e. The van der Waals surface area contributed by atoms with Crippen molar-refractivity contribution < 1.29 is 47.8 Å². The number of hydrogen-bond acceptors (Lipinski definition) is 16. The molecule has 4 N–H and O–H groups in total. The van der Waals surface area contributed by atoms with Gasteiger partial charge in [-0.15, -0.1) is 23.1 Å². The highest BCUT2D eigenvalue weighted by molar-refractivity contribution is 8.01. The molecule has 0 aliphatic carbocycles. The van der Waals surface area contributed by atoms with Crippen LogP contribution in [-0.2, 0) is 28.8 Å².